The number of ether oxygens (including phenoxy) is 1. The quantitative estimate of drug-likeness (QED) is 0.816. The monoisotopic (exact) mass is 248 g/mol. The molecule has 1 fully saturated rings. The molecule has 0 aliphatic carbocycles. The molecule has 2 rings (SSSR count). The van der Waals surface area contributed by atoms with Gasteiger partial charge in [0.2, 0.25) is 5.91 Å². The van der Waals surface area contributed by atoms with E-state index in [-0.39, 0.29) is 18.2 Å². The second-order valence-electron chi connectivity index (χ2n) is 4.40. The van der Waals surface area contributed by atoms with Crippen molar-refractivity contribution >= 4 is 17.5 Å². The van der Waals surface area contributed by atoms with Gasteiger partial charge in [0.05, 0.1) is 19.2 Å². The first-order chi connectivity index (χ1) is 8.52. The summed E-state index contributed by atoms with van der Waals surface area (Å²) in [5.74, 6) is 0.302. The Morgan fingerprint density at radius 3 is 2.67 bits per heavy atom. The van der Waals surface area contributed by atoms with Gasteiger partial charge in [-0.05, 0) is 24.6 Å². The number of hydrogen-bond acceptors (Lipinski definition) is 4. The summed E-state index contributed by atoms with van der Waals surface area (Å²) < 4.78 is 5.25. The predicted octanol–water partition coefficient (Wildman–Crippen LogP) is 1.17. The van der Waals surface area contributed by atoms with E-state index in [2.05, 4.69) is 5.32 Å². The number of nitrogens with one attached hydrogen (secondary N) is 1. The van der Waals surface area contributed by atoms with Gasteiger partial charge in [0.25, 0.3) is 5.91 Å². The van der Waals surface area contributed by atoms with Crippen molar-refractivity contribution in [3.63, 3.8) is 0 Å². The molecule has 1 aliphatic rings. The number of likely N-dealkylation sites (N-methyl/N-ethyl adjacent to an activating group) is 1. The summed E-state index contributed by atoms with van der Waals surface area (Å²) in [5.41, 5.74) is 1.80. The minimum Gasteiger partial charge on any atom is -0.495 e. The van der Waals surface area contributed by atoms with Crippen LogP contribution in [-0.4, -0.2) is 36.9 Å². The van der Waals surface area contributed by atoms with Crippen LogP contribution in [0.15, 0.2) is 18.2 Å². The third-order valence-corrected chi connectivity index (χ3v) is 3.07. The lowest BCUT2D eigenvalue weighted by Gasteiger charge is -2.15. The van der Waals surface area contributed by atoms with Crippen molar-refractivity contribution in [3.8, 4) is 5.75 Å². The van der Waals surface area contributed by atoms with E-state index in [9.17, 15) is 9.59 Å². The van der Waals surface area contributed by atoms with Crippen molar-refractivity contribution in [2.45, 2.75) is 19.4 Å². The van der Waals surface area contributed by atoms with Crippen LogP contribution < -0.4 is 10.1 Å². The number of hydrogen-bond donors (Lipinski definition) is 1. The molecular weight excluding hydrogens is 232 g/mol. The fraction of sp³-hybridized carbons (Fsp3) is 0.385. The Morgan fingerprint density at radius 1 is 1.39 bits per heavy atom. The number of carbonyl (C=O) groups is 2. The molecule has 18 heavy (non-hydrogen) atoms. The molecule has 0 spiro atoms. The number of carbonyl (C=O) groups excluding carboxylic acids is 2. The lowest BCUT2D eigenvalue weighted by molar-refractivity contribution is -0.136. The summed E-state index contributed by atoms with van der Waals surface area (Å²) in [6.07, 6.45) is 0.187. The molecule has 5 nitrogen and oxygen atoms in total. The van der Waals surface area contributed by atoms with Gasteiger partial charge in [-0.2, -0.15) is 0 Å². The molecule has 1 atom stereocenters. The average molecular weight is 248 g/mol. The minimum absolute atomic E-state index is 0.163. The number of imide groups is 1. The fourth-order valence-electron chi connectivity index (χ4n) is 1.97. The van der Waals surface area contributed by atoms with Gasteiger partial charge in [-0.1, -0.05) is 6.07 Å². The Labute approximate surface area is 106 Å². The second kappa shape index (κ2) is 4.68. The maximum Gasteiger partial charge on any atom is 0.251 e. The van der Waals surface area contributed by atoms with Crippen LogP contribution in [0.2, 0.25) is 0 Å². The minimum atomic E-state index is -0.501. The smallest absolute Gasteiger partial charge is 0.251 e. The molecule has 2 amide bonds. The van der Waals surface area contributed by atoms with Crippen molar-refractivity contribution in [1.82, 2.24) is 4.90 Å². The zero-order chi connectivity index (χ0) is 13.3. The lowest BCUT2D eigenvalue weighted by Crippen LogP contribution is -2.31. The van der Waals surface area contributed by atoms with Gasteiger partial charge < -0.3 is 10.1 Å². The molecular formula is C13H16N2O3. The molecule has 0 aromatic heterocycles. The van der Waals surface area contributed by atoms with E-state index in [0.717, 1.165) is 16.2 Å². The number of amides is 2. The highest BCUT2D eigenvalue weighted by molar-refractivity contribution is 6.06. The Bertz CT molecular complexity index is 499. The first-order valence-corrected chi connectivity index (χ1v) is 5.74. The number of benzene rings is 1. The highest BCUT2D eigenvalue weighted by Gasteiger charge is 2.36. The third-order valence-electron chi connectivity index (χ3n) is 3.07. The van der Waals surface area contributed by atoms with Crippen molar-refractivity contribution in [1.29, 1.82) is 0 Å². The van der Waals surface area contributed by atoms with E-state index in [1.165, 1.54) is 7.05 Å². The van der Waals surface area contributed by atoms with E-state index in [0.29, 0.717) is 5.75 Å². The number of aryl methyl sites for hydroxylation is 1. The van der Waals surface area contributed by atoms with Crippen LogP contribution in [0.25, 0.3) is 0 Å². The summed E-state index contributed by atoms with van der Waals surface area (Å²) in [7, 11) is 3.08. The van der Waals surface area contributed by atoms with E-state index in [1.54, 1.807) is 7.11 Å². The summed E-state index contributed by atoms with van der Waals surface area (Å²) >= 11 is 0. The first-order valence-electron chi connectivity index (χ1n) is 5.74. The molecule has 1 saturated heterocycles. The van der Waals surface area contributed by atoms with E-state index in [1.807, 2.05) is 25.1 Å². The molecule has 0 saturated carbocycles. The Hall–Kier alpha value is -2.04. The number of nitrogens with zero attached hydrogens (tertiary/aromatic N) is 1. The summed E-state index contributed by atoms with van der Waals surface area (Å²) in [4.78, 5) is 24.4. The summed E-state index contributed by atoms with van der Waals surface area (Å²) in [5, 5.41) is 3.06. The van der Waals surface area contributed by atoms with Gasteiger partial charge >= 0.3 is 0 Å². The van der Waals surface area contributed by atoms with Gasteiger partial charge in [-0.15, -0.1) is 0 Å². The molecule has 0 radical (unpaired) electrons. The highest BCUT2D eigenvalue weighted by atomic mass is 16.5. The third kappa shape index (κ3) is 2.16. The van der Waals surface area contributed by atoms with E-state index < -0.39 is 6.04 Å². The zero-order valence-corrected chi connectivity index (χ0v) is 10.7. The van der Waals surface area contributed by atoms with Crippen molar-refractivity contribution in [2.24, 2.45) is 0 Å². The molecule has 1 N–H and O–H groups in total. The van der Waals surface area contributed by atoms with Crippen LogP contribution >= 0.6 is 0 Å². The Balaban J connectivity index is 2.20. The van der Waals surface area contributed by atoms with Crippen molar-refractivity contribution < 1.29 is 14.3 Å². The van der Waals surface area contributed by atoms with Crippen LogP contribution in [0.3, 0.4) is 0 Å². The van der Waals surface area contributed by atoms with Crippen molar-refractivity contribution in [3.05, 3.63) is 23.8 Å². The van der Waals surface area contributed by atoms with E-state index >= 15 is 0 Å². The SMILES string of the molecule is COc1cc(C)ccc1NC1CC(=O)N(C)C1=O. The lowest BCUT2D eigenvalue weighted by atomic mass is 10.1. The van der Waals surface area contributed by atoms with Gasteiger partial charge in [0.1, 0.15) is 11.8 Å². The van der Waals surface area contributed by atoms with Crippen LogP contribution in [0.5, 0.6) is 5.75 Å². The van der Waals surface area contributed by atoms with Crippen LogP contribution in [-0.2, 0) is 9.59 Å². The van der Waals surface area contributed by atoms with Gasteiger partial charge in [-0.25, -0.2) is 0 Å². The summed E-state index contributed by atoms with van der Waals surface area (Å²) in [6, 6.07) is 5.16. The molecule has 1 aliphatic heterocycles. The van der Waals surface area contributed by atoms with Crippen LogP contribution in [0, 0.1) is 6.92 Å². The van der Waals surface area contributed by atoms with Gasteiger partial charge in [0, 0.05) is 7.05 Å². The molecule has 1 aromatic rings. The fourth-order valence-corrected chi connectivity index (χ4v) is 1.97. The molecule has 1 heterocycles. The number of rotatable bonds is 3. The predicted molar refractivity (Wildman–Crippen MR) is 67.5 cm³/mol. The normalized spacial score (nSPS) is 19.3. The Morgan fingerprint density at radius 2 is 2.11 bits per heavy atom. The van der Waals surface area contributed by atoms with Crippen LogP contribution in [0.1, 0.15) is 12.0 Å². The van der Waals surface area contributed by atoms with Gasteiger partial charge in [-0.3, -0.25) is 14.5 Å². The van der Waals surface area contributed by atoms with Crippen molar-refractivity contribution in [2.75, 3.05) is 19.5 Å². The standard InChI is InChI=1S/C13H16N2O3/c1-8-4-5-9(11(6-8)18-3)14-10-7-12(16)15(2)13(10)17/h4-6,10,14H,7H2,1-3H3. The highest BCUT2D eigenvalue weighted by Crippen LogP contribution is 2.27. The topological polar surface area (TPSA) is 58.6 Å². The van der Waals surface area contributed by atoms with Gasteiger partial charge in [0.15, 0.2) is 0 Å². The second-order valence-corrected chi connectivity index (χ2v) is 4.40. The largest absolute Gasteiger partial charge is 0.495 e. The number of methoxy groups -OCH3 is 1. The average Bonchev–Trinajstić information content (AvgIpc) is 2.59. The molecule has 1 aromatic carbocycles. The van der Waals surface area contributed by atoms with E-state index in [4.69, 9.17) is 4.74 Å². The number of likely N-dealkylation sites (tertiary alicyclic amines) is 1. The first kappa shape index (κ1) is 12.4. The maximum atomic E-state index is 11.8. The molecule has 5 heteroatoms. The van der Waals surface area contributed by atoms with Crippen LogP contribution in [0.4, 0.5) is 5.69 Å². The summed E-state index contributed by atoms with van der Waals surface area (Å²) in [6.45, 7) is 1.96. The Kier molecular flexibility index (Phi) is 3.23. The molecule has 96 valence electrons. The molecule has 1 unspecified atom stereocenters. The number of anilines is 1. The maximum absolute atomic E-state index is 11.8. The molecule has 0 bridgehead atoms. The zero-order valence-electron chi connectivity index (χ0n) is 10.7.